The fourth-order valence-corrected chi connectivity index (χ4v) is 1.25. The van der Waals surface area contributed by atoms with Gasteiger partial charge in [0.1, 0.15) is 5.60 Å². The van der Waals surface area contributed by atoms with Crippen molar-refractivity contribution < 1.29 is 24.2 Å². The van der Waals surface area contributed by atoms with Crippen LogP contribution in [0.4, 0.5) is 4.79 Å². The van der Waals surface area contributed by atoms with Crippen LogP contribution in [-0.2, 0) is 16.1 Å². The molecule has 23 heavy (non-hydrogen) atoms. The molecule has 0 fully saturated rings. The van der Waals surface area contributed by atoms with Crippen molar-refractivity contribution in [2.75, 3.05) is 14.1 Å². The lowest BCUT2D eigenvalue weighted by atomic mass is 10.1. The summed E-state index contributed by atoms with van der Waals surface area (Å²) >= 11 is 0. The van der Waals surface area contributed by atoms with Gasteiger partial charge in [-0.1, -0.05) is 12.1 Å². The summed E-state index contributed by atoms with van der Waals surface area (Å²) in [6, 6.07) is 6.30. The molecular formula is C16H24N2O5. The average Bonchev–Trinajstić information content (AvgIpc) is 2.44. The third-order valence-electron chi connectivity index (χ3n) is 2.25. The van der Waals surface area contributed by atoms with Crippen molar-refractivity contribution in [3.8, 4) is 0 Å². The maximum absolute atomic E-state index is 11.4. The number of ether oxygens (including phenoxy) is 1. The van der Waals surface area contributed by atoms with E-state index in [2.05, 4.69) is 5.32 Å². The highest BCUT2D eigenvalue weighted by atomic mass is 16.6. The molecule has 0 heterocycles. The summed E-state index contributed by atoms with van der Waals surface area (Å²) in [6.45, 7) is 5.66. The molecule has 0 bridgehead atoms. The average molecular weight is 324 g/mol. The van der Waals surface area contributed by atoms with Gasteiger partial charge in [-0.05, 0) is 38.5 Å². The van der Waals surface area contributed by atoms with Crippen LogP contribution in [0.3, 0.4) is 0 Å². The molecule has 2 N–H and O–H groups in total. The molecule has 7 heteroatoms. The lowest BCUT2D eigenvalue weighted by Gasteiger charge is -2.19. The maximum Gasteiger partial charge on any atom is 0.407 e. The predicted octanol–water partition coefficient (Wildman–Crippen LogP) is 2.11. The smallest absolute Gasteiger partial charge is 0.407 e. The summed E-state index contributed by atoms with van der Waals surface area (Å²) in [7, 11) is 3.38. The van der Waals surface area contributed by atoms with Crippen LogP contribution in [0.15, 0.2) is 24.3 Å². The van der Waals surface area contributed by atoms with E-state index >= 15 is 0 Å². The van der Waals surface area contributed by atoms with E-state index < -0.39 is 17.7 Å². The van der Waals surface area contributed by atoms with Gasteiger partial charge in [0, 0.05) is 20.6 Å². The molecule has 0 radical (unpaired) electrons. The van der Waals surface area contributed by atoms with Crippen LogP contribution in [0.5, 0.6) is 0 Å². The number of alkyl carbamates (subject to hydrolysis) is 1. The van der Waals surface area contributed by atoms with Crippen molar-refractivity contribution >= 4 is 18.5 Å². The number of aromatic carboxylic acids is 1. The minimum atomic E-state index is -0.971. The SMILES string of the molecule is CC(C)(C)OC(=O)NCc1ccc(C(=O)O)cc1.CN(C)C=O. The molecular weight excluding hydrogens is 300 g/mol. The zero-order valence-electron chi connectivity index (χ0n) is 14.1. The molecule has 1 aromatic rings. The molecule has 0 aliphatic carbocycles. The van der Waals surface area contributed by atoms with Gasteiger partial charge in [0.15, 0.2) is 0 Å². The lowest BCUT2D eigenvalue weighted by Crippen LogP contribution is -2.32. The molecule has 0 saturated heterocycles. The number of carbonyl (C=O) groups excluding carboxylic acids is 2. The molecule has 0 aliphatic rings. The van der Waals surface area contributed by atoms with Gasteiger partial charge in [-0.25, -0.2) is 9.59 Å². The first-order valence-electron chi connectivity index (χ1n) is 6.96. The summed E-state index contributed by atoms with van der Waals surface area (Å²) in [5.41, 5.74) is 0.499. The van der Waals surface area contributed by atoms with Crippen molar-refractivity contribution in [3.05, 3.63) is 35.4 Å². The molecule has 1 rings (SSSR count). The van der Waals surface area contributed by atoms with Crippen molar-refractivity contribution in [1.82, 2.24) is 10.2 Å². The van der Waals surface area contributed by atoms with Gasteiger partial charge >= 0.3 is 12.1 Å². The Kier molecular flexibility index (Phi) is 8.39. The standard InChI is InChI=1S/C13H17NO4.C3H7NO/c1-13(2,3)18-12(17)14-8-9-4-6-10(7-5-9)11(15)16;1-4(2)3-5/h4-7H,8H2,1-3H3,(H,14,17)(H,15,16);3H,1-2H3. The molecule has 1 aromatic carbocycles. The topological polar surface area (TPSA) is 95.9 Å². The van der Waals surface area contributed by atoms with Gasteiger partial charge in [0.25, 0.3) is 0 Å². The van der Waals surface area contributed by atoms with Crippen LogP contribution < -0.4 is 5.32 Å². The Morgan fingerprint density at radius 3 is 2.04 bits per heavy atom. The first-order valence-corrected chi connectivity index (χ1v) is 6.96. The minimum absolute atomic E-state index is 0.219. The summed E-state index contributed by atoms with van der Waals surface area (Å²) in [5.74, 6) is -0.971. The van der Waals surface area contributed by atoms with Crippen LogP contribution in [0, 0.1) is 0 Å². The van der Waals surface area contributed by atoms with Crippen molar-refractivity contribution in [2.45, 2.75) is 32.9 Å². The first kappa shape index (κ1) is 20.4. The van der Waals surface area contributed by atoms with Gasteiger partial charge in [-0.3, -0.25) is 4.79 Å². The van der Waals surface area contributed by atoms with Crippen LogP contribution >= 0.6 is 0 Å². The number of carbonyl (C=O) groups is 3. The number of carboxylic acids is 1. The zero-order valence-corrected chi connectivity index (χ0v) is 14.1. The molecule has 0 atom stereocenters. The quantitative estimate of drug-likeness (QED) is 0.827. The Balaban J connectivity index is 0.000000841. The molecule has 0 aromatic heterocycles. The Morgan fingerprint density at radius 2 is 1.70 bits per heavy atom. The summed E-state index contributed by atoms with van der Waals surface area (Å²) < 4.78 is 5.08. The van der Waals surface area contributed by atoms with E-state index in [-0.39, 0.29) is 5.56 Å². The van der Waals surface area contributed by atoms with Crippen molar-refractivity contribution in [2.24, 2.45) is 0 Å². The molecule has 2 amide bonds. The molecule has 0 spiro atoms. The molecule has 0 saturated carbocycles. The van der Waals surface area contributed by atoms with Crippen molar-refractivity contribution in [1.29, 1.82) is 0 Å². The largest absolute Gasteiger partial charge is 0.478 e. The Hall–Kier alpha value is -2.57. The fraction of sp³-hybridized carbons (Fsp3) is 0.438. The molecule has 128 valence electrons. The van der Waals surface area contributed by atoms with Gasteiger partial charge < -0.3 is 20.1 Å². The highest BCUT2D eigenvalue weighted by Crippen LogP contribution is 2.08. The van der Waals surface area contributed by atoms with E-state index in [4.69, 9.17) is 9.84 Å². The Bertz CT molecular complexity index is 518. The van der Waals surface area contributed by atoms with Gasteiger partial charge in [-0.2, -0.15) is 0 Å². The number of amides is 2. The van der Waals surface area contributed by atoms with Gasteiger partial charge in [-0.15, -0.1) is 0 Å². The predicted molar refractivity (Wildman–Crippen MR) is 86.2 cm³/mol. The fourth-order valence-electron chi connectivity index (χ4n) is 1.25. The van der Waals surface area contributed by atoms with Crippen LogP contribution in [-0.4, -0.2) is 48.2 Å². The third-order valence-corrected chi connectivity index (χ3v) is 2.25. The Morgan fingerprint density at radius 1 is 1.22 bits per heavy atom. The maximum atomic E-state index is 11.4. The number of rotatable bonds is 4. The number of carboxylic acid groups (broad SMARTS) is 1. The number of hydrogen-bond donors (Lipinski definition) is 2. The zero-order chi connectivity index (χ0) is 18.0. The normalized spacial score (nSPS) is 9.96. The summed E-state index contributed by atoms with van der Waals surface area (Å²) in [4.78, 5) is 32.9. The van der Waals surface area contributed by atoms with Gasteiger partial charge in [0.2, 0.25) is 6.41 Å². The second kappa shape index (κ2) is 9.45. The van der Waals surface area contributed by atoms with E-state index in [9.17, 15) is 14.4 Å². The van der Waals surface area contributed by atoms with Crippen LogP contribution in [0.1, 0.15) is 36.7 Å². The van der Waals surface area contributed by atoms with E-state index in [0.717, 1.165) is 12.0 Å². The second-order valence-electron chi connectivity index (χ2n) is 5.93. The molecule has 0 aliphatic heterocycles. The van der Waals surface area contributed by atoms with E-state index in [1.54, 1.807) is 47.0 Å². The Labute approximate surface area is 136 Å². The van der Waals surface area contributed by atoms with Crippen molar-refractivity contribution in [3.63, 3.8) is 0 Å². The first-order chi connectivity index (χ1) is 10.5. The van der Waals surface area contributed by atoms with E-state index in [1.165, 1.54) is 17.0 Å². The van der Waals surface area contributed by atoms with E-state index in [1.807, 2.05) is 0 Å². The second-order valence-corrected chi connectivity index (χ2v) is 5.93. The highest BCUT2D eigenvalue weighted by molar-refractivity contribution is 5.87. The summed E-state index contributed by atoms with van der Waals surface area (Å²) in [6.07, 6.45) is 0.254. The highest BCUT2D eigenvalue weighted by Gasteiger charge is 2.15. The molecule has 0 unspecified atom stereocenters. The number of benzene rings is 1. The van der Waals surface area contributed by atoms with Gasteiger partial charge in [0.05, 0.1) is 5.56 Å². The number of nitrogens with one attached hydrogen (secondary N) is 1. The molecule has 7 nitrogen and oxygen atoms in total. The van der Waals surface area contributed by atoms with E-state index in [0.29, 0.717) is 6.54 Å². The van der Waals surface area contributed by atoms with Crippen LogP contribution in [0.25, 0.3) is 0 Å². The number of hydrogen-bond acceptors (Lipinski definition) is 4. The number of nitrogens with zero attached hydrogens (tertiary/aromatic N) is 1. The monoisotopic (exact) mass is 324 g/mol. The lowest BCUT2D eigenvalue weighted by molar-refractivity contribution is -0.115. The minimum Gasteiger partial charge on any atom is -0.478 e. The van der Waals surface area contributed by atoms with Crippen LogP contribution in [0.2, 0.25) is 0 Å². The summed E-state index contributed by atoms with van der Waals surface area (Å²) in [5, 5.41) is 11.3. The third kappa shape index (κ3) is 10.8.